The van der Waals surface area contributed by atoms with E-state index in [1.807, 2.05) is 32.8 Å². The second-order valence-electron chi connectivity index (χ2n) is 7.64. The SMILES string of the molecule is COc1ccc(NC(=O)C(C)n2c(CN(C)C)nc3sc(C)c(C)c3c2=O)cc1OC. The van der Waals surface area contributed by atoms with Crippen LogP contribution in [-0.4, -0.2) is 48.7 Å². The van der Waals surface area contributed by atoms with Gasteiger partial charge >= 0.3 is 0 Å². The number of carbonyl (C=O) groups is 1. The van der Waals surface area contributed by atoms with E-state index in [-0.39, 0.29) is 11.5 Å². The summed E-state index contributed by atoms with van der Waals surface area (Å²) in [5.74, 6) is 1.31. The van der Waals surface area contributed by atoms with Crippen molar-refractivity contribution in [2.24, 2.45) is 0 Å². The van der Waals surface area contributed by atoms with E-state index in [1.54, 1.807) is 32.2 Å². The molecule has 0 radical (unpaired) electrons. The fraction of sp³-hybridized carbons (Fsp3) is 0.409. The van der Waals surface area contributed by atoms with Gasteiger partial charge in [0.25, 0.3) is 5.56 Å². The van der Waals surface area contributed by atoms with E-state index < -0.39 is 6.04 Å². The lowest BCUT2D eigenvalue weighted by Crippen LogP contribution is -2.36. The minimum Gasteiger partial charge on any atom is -0.493 e. The Morgan fingerprint density at radius 1 is 1.23 bits per heavy atom. The number of nitrogens with zero attached hydrogens (tertiary/aromatic N) is 3. The topological polar surface area (TPSA) is 85.7 Å². The number of thiophene rings is 1. The van der Waals surface area contributed by atoms with E-state index in [2.05, 4.69) is 5.32 Å². The lowest BCUT2D eigenvalue weighted by atomic mass is 10.2. The largest absolute Gasteiger partial charge is 0.493 e. The first-order valence-electron chi connectivity index (χ1n) is 9.86. The van der Waals surface area contributed by atoms with E-state index in [4.69, 9.17) is 14.5 Å². The van der Waals surface area contributed by atoms with Crippen molar-refractivity contribution >= 4 is 33.1 Å². The molecule has 1 N–H and O–H groups in total. The molecule has 9 heteroatoms. The molecule has 2 heterocycles. The smallest absolute Gasteiger partial charge is 0.263 e. The Balaban J connectivity index is 2.03. The highest BCUT2D eigenvalue weighted by molar-refractivity contribution is 7.18. The standard InChI is InChI=1S/C22H28N4O4S/c1-12-14(3)31-21-19(12)22(28)26(18(24-21)11-25(4)5)13(2)20(27)23-15-8-9-16(29-6)17(10-15)30-7/h8-10,13H,11H2,1-7H3,(H,23,27). The molecule has 0 aliphatic rings. The average molecular weight is 445 g/mol. The lowest BCUT2D eigenvalue weighted by molar-refractivity contribution is -0.119. The maximum Gasteiger partial charge on any atom is 0.263 e. The number of amides is 1. The number of hydrogen-bond acceptors (Lipinski definition) is 7. The van der Waals surface area contributed by atoms with E-state index in [0.717, 1.165) is 10.4 Å². The number of methoxy groups -OCH3 is 2. The quantitative estimate of drug-likeness (QED) is 0.602. The van der Waals surface area contributed by atoms with Gasteiger partial charge in [-0.1, -0.05) is 0 Å². The number of hydrogen-bond donors (Lipinski definition) is 1. The molecule has 2 aromatic heterocycles. The van der Waals surface area contributed by atoms with E-state index in [1.165, 1.54) is 23.0 Å². The van der Waals surface area contributed by atoms with E-state index >= 15 is 0 Å². The van der Waals surface area contributed by atoms with Crippen LogP contribution >= 0.6 is 11.3 Å². The molecule has 166 valence electrons. The van der Waals surface area contributed by atoms with Crippen molar-refractivity contribution in [3.05, 3.63) is 44.8 Å². The zero-order chi connectivity index (χ0) is 22.9. The number of anilines is 1. The van der Waals surface area contributed by atoms with Crippen LogP contribution in [0.2, 0.25) is 0 Å². The van der Waals surface area contributed by atoms with E-state index in [9.17, 15) is 9.59 Å². The third kappa shape index (κ3) is 4.42. The molecular formula is C22H28N4O4S. The number of benzene rings is 1. The number of aromatic nitrogens is 2. The molecule has 8 nitrogen and oxygen atoms in total. The van der Waals surface area contributed by atoms with Crippen LogP contribution < -0.4 is 20.3 Å². The third-order valence-corrected chi connectivity index (χ3v) is 6.28. The average Bonchev–Trinajstić information content (AvgIpc) is 3.00. The van der Waals surface area contributed by atoms with Crippen LogP contribution in [0.25, 0.3) is 10.2 Å². The van der Waals surface area contributed by atoms with Gasteiger partial charge in [0.2, 0.25) is 5.91 Å². The van der Waals surface area contributed by atoms with Gasteiger partial charge in [0, 0.05) is 16.6 Å². The van der Waals surface area contributed by atoms with Crippen LogP contribution in [-0.2, 0) is 11.3 Å². The monoisotopic (exact) mass is 444 g/mol. The van der Waals surface area contributed by atoms with Gasteiger partial charge in [0.15, 0.2) is 11.5 Å². The molecule has 0 fully saturated rings. The summed E-state index contributed by atoms with van der Waals surface area (Å²) in [6.07, 6.45) is 0. The number of ether oxygens (including phenoxy) is 2. The summed E-state index contributed by atoms with van der Waals surface area (Å²) in [6.45, 7) is 6.04. The summed E-state index contributed by atoms with van der Waals surface area (Å²) in [5.41, 5.74) is 1.27. The van der Waals surface area contributed by atoms with Gasteiger partial charge in [0.1, 0.15) is 16.7 Å². The Hall–Kier alpha value is -2.91. The van der Waals surface area contributed by atoms with Crippen LogP contribution in [0.3, 0.4) is 0 Å². The summed E-state index contributed by atoms with van der Waals surface area (Å²) in [5, 5.41) is 3.45. The van der Waals surface area contributed by atoms with Crippen molar-refractivity contribution in [2.75, 3.05) is 33.6 Å². The van der Waals surface area contributed by atoms with Gasteiger partial charge in [-0.15, -0.1) is 11.3 Å². The first-order chi connectivity index (χ1) is 14.7. The Bertz CT molecular complexity index is 1180. The molecule has 0 spiro atoms. The molecular weight excluding hydrogens is 416 g/mol. The molecule has 0 bridgehead atoms. The molecule has 1 unspecified atom stereocenters. The van der Waals surface area contributed by atoms with Crippen LogP contribution in [0.15, 0.2) is 23.0 Å². The molecule has 0 aliphatic heterocycles. The Morgan fingerprint density at radius 3 is 2.52 bits per heavy atom. The van der Waals surface area contributed by atoms with Crippen LogP contribution in [0.4, 0.5) is 5.69 Å². The van der Waals surface area contributed by atoms with E-state index in [0.29, 0.717) is 39.8 Å². The van der Waals surface area contributed by atoms with Gasteiger partial charge in [-0.05, 0) is 52.6 Å². The molecule has 1 atom stereocenters. The first kappa shape index (κ1) is 22.8. The second-order valence-corrected chi connectivity index (χ2v) is 8.84. The summed E-state index contributed by atoms with van der Waals surface area (Å²) in [6, 6.07) is 4.37. The fourth-order valence-corrected chi connectivity index (χ4v) is 4.46. The number of carbonyl (C=O) groups excluding carboxylic acids is 1. The van der Waals surface area contributed by atoms with Gasteiger partial charge in [0.05, 0.1) is 26.2 Å². The van der Waals surface area contributed by atoms with Gasteiger partial charge in [-0.3, -0.25) is 14.2 Å². The number of nitrogens with one attached hydrogen (secondary N) is 1. The molecule has 31 heavy (non-hydrogen) atoms. The number of fused-ring (bicyclic) bond motifs is 1. The van der Waals surface area contributed by atoms with Crippen LogP contribution in [0.5, 0.6) is 11.5 Å². The molecule has 0 saturated carbocycles. The summed E-state index contributed by atoms with van der Waals surface area (Å²) < 4.78 is 12.0. The lowest BCUT2D eigenvalue weighted by Gasteiger charge is -2.21. The minimum absolute atomic E-state index is 0.196. The zero-order valence-electron chi connectivity index (χ0n) is 18.9. The predicted molar refractivity (Wildman–Crippen MR) is 124 cm³/mol. The predicted octanol–water partition coefficient (Wildman–Crippen LogP) is 3.35. The second kappa shape index (κ2) is 9.07. The molecule has 0 aliphatic carbocycles. The molecule has 0 saturated heterocycles. The van der Waals surface area contributed by atoms with Crippen molar-refractivity contribution in [3.8, 4) is 11.5 Å². The highest BCUT2D eigenvalue weighted by Crippen LogP contribution is 2.30. The summed E-state index contributed by atoms with van der Waals surface area (Å²) in [7, 11) is 6.89. The summed E-state index contributed by atoms with van der Waals surface area (Å²) in [4.78, 5) is 35.0. The highest BCUT2D eigenvalue weighted by atomic mass is 32.1. The Morgan fingerprint density at radius 2 is 1.90 bits per heavy atom. The highest BCUT2D eigenvalue weighted by Gasteiger charge is 2.24. The molecule has 1 amide bonds. The first-order valence-corrected chi connectivity index (χ1v) is 10.7. The fourth-order valence-electron chi connectivity index (χ4n) is 3.42. The van der Waals surface area contributed by atoms with Crippen molar-refractivity contribution < 1.29 is 14.3 Å². The van der Waals surface area contributed by atoms with Crippen molar-refractivity contribution in [2.45, 2.75) is 33.4 Å². The Labute approximate surface area is 185 Å². The molecule has 3 aromatic rings. The van der Waals surface area contributed by atoms with Crippen molar-refractivity contribution in [1.29, 1.82) is 0 Å². The van der Waals surface area contributed by atoms with Crippen LogP contribution in [0.1, 0.15) is 29.2 Å². The van der Waals surface area contributed by atoms with Crippen molar-refractivity contribution in [3.63, 3.8) is 0 Å². The zero-order valence-corrected chi connectivity index (χ0v) is 19.7. The normalized spacial score (nSPS) is 12.3. The van der Waals surface area contributed by atoms with Gasteiger partial charge in [-0.2, -0.15) is 0 Å². The molecule has 3 rings (SSSR count). The molecule has 1 aromatic carbocycles. The summed E-state index contributed by atoms with van der Waals surface area (Å²) >= 11 is 1.50. The number of aryl methyl sites for hydroxylation is 2. The maximum atomic E-state index is 13.4. The van der Waals surface area contributed by atoms with Crippen LogP contribution in [0, 0.1) is 13.8 Å². The Kier molecular flexibility index (Phi) is 6.66. The third-order valence-electron chi connectivity index (χ3n) is 5.18. The van der Waals surface area contributed by atoms with Crippen molar-refractivity contribution in [1.82, 2.24) is 14.5 Å². The minimum atomic E-state index is -0.757. The maximum absolute atomic E-state index is 13.4. The van der Waals surface area contributed by atoms with Gasteiger partial charge in [-0.25, -0.2) is 4.98 Å². The number of rotatable bonds is 7. The van der Waals surface area contributed by atoms with Gasteiger partial charge < -0.3 is 19.7 Å².